The number of aromatic amines is 1. The molecular weight excluding hydrogens is 309 g/mol. The number of nitrogens with one attached hydrogen (secondary N) is 2. The van der Waals surface area contributed by atoms with Crippen LogP contribution in [-0.2, 0) is 4.84 Å². The summed E-state index contributed by atoms with van der Waals surface area (Å²) in [6.45, 7) is 0.843. The van der Waals surface area contributed by atoms with Gasteiger partial charge in [0.1, 0.15) is 6.67 Å². The highest BCUT2D eigenvalue weighted by atomic mass is 127. The van der Waals surface area contributed by atoms with Gasteiger partial charge in [0.15, 0.2) is 5.69 Å². The van der Waals surface area contributed by atoms with Crippen LogP contribution in [0.5, 0.6) is 0 Å². The molecule has 0 atom stereocenters. The molecule has 0 bridgehead atoms. The van der Waals surface area contributed by atoms with E-state index < -0.39 is 0 Å². The van der Waals surface area contributed by atoms with E-state index in [1.807, 2.05) is 14.1 Å². The lowest BCUT2D eigenvalue weighted by Gasteiger charge is -2.09. The molecule has 0 spiro atoms. The Bertz CT molecular complexity index is 348. The summed E-state index contributed by atoms with van der Waals surface area (Å²) < 4.78 is 0. The second-order valence-electron chi connectivity index (χ2n) is 3.29. The molecule has 0 radical (unpaired) electrons. The number of anilines is 3. The summed E-state index contributed by atoms with van der Waals surface area (Å²) in [5.74, 6) is 1.77. The molecule has 0 fully saturated rings. The Morgan fingerprint density at radius 2 is 2.20 bits per heavy atom. The number of rotatable bonds is 2. The Balaban J connectivity index is 0.00000112. The smallest absolute Gasteiger partial charge is 0.256 e. The summed E-state index contributed by atoms with van der Waals surface area (Å²) >= 11 is 0. The molecule has 2 N–H and O–H groups in total. The molecule has 0 saturated carbocycles. The van der Waals surface area contributed by atoms with E-state index in [4.69, 9.17) is 4.84 Å². The maximum absolute atomic E-state index is 4.87. The van der Waals surface area contributed by atoms with Crippen molar-refractivity contribution >= 4 is 17.3 Å². The number of aromatic nitrogens is 2. The van der Waals surface area contributed by atoms with E-state index in [2.05, 4.69) is 25.2 Å². The number of hydrogen-bond acceptors (Lipinski definition) is 5. The average Bonchev–Trinajstić information content (AvgIpc) is 2.44. The van der Waals surface area contributed by atoms with Crippen LogP contribution in [0.3, 0.4) is 0 Å². The van der Waals surface area contributed by atoms with Crippen LogP contribution in [-0.4, -0.2) is 32.9 Å². The fraction of sp³-hybridized carbons (Fsp3) is 0.500. The molecule has 1 aromatic rings. The van der Waals surface area contributed by atoms with Crippen molar-refractivity contribution in [2.75, 3.05) is 43.2 Å². The van der Waals surface area contributed by atoms with Gasteiger partial charge in [0.2, 0.25) is 6.33 Å². The van der Waals surface area contributed by atoms with Crippen molar-refractivity contribution in [2.45, 2.75) is 0 Å². The Labute approximate surface area is 106 Å². The maximum Gasteiger partial charge on any atom is 0.256 e. The lowest BCUT2D eigenvalue weighted by molar-refractivity contribution is -0.366. The topological polar surface area (TPSA) is 54.8 Å². The Hall–Kier alpha value is -0.830. The van der Waals surface area contributed by atoms with Crippen LogP contribution >= 0.6 is 0 Å². The quantitative estimate of drug-likeness (QED) is 0.457. The van der Waals surface area contributed by atoms with Crippen molar-refractivity contribution < 1.29 is 33.8 Å². The average molecular weight is 323 g/mol. The summed E-state index contributed by atoms with van der Waals surface area (Å²) in [4.78, 5) is 16.3. The minimum Gasteiger partial charge on any atom is -1.00 e. The van der Waals surface area contributed by atoms with Crippen LogP contribution < -0.4 is 44.2 Å². The third kappa shape index (κ3) is 2.07. The maximum atomic E-state index is 4.87. The minimum atomic E-state index is 0. The molecule has 7 heteroatoms. The van der Waals surface area contributed by atoms with Crippen molar-refractivity contribution in [1.29, 1.82) is 0 Å². The largest absolute Gasteiger partial charge is 1.00 e. The molecule has 0 saturated heterocycles. The number of halogens is 1. The van der Waals surface area contributed by atoms with Crippen LogP contribution in [0.4, 0.5) is 17.3 Å². The first kappa shape index (κ1) is 12.2. The lowest BCUT2D eigenvalue weighted by Crippen LogP contribution is -3.00. The van der Waals surface area contributed by atoms with Gasteiger partial charge < -0.3 is 28.9 Å². The fourth-order valence-corrected chi connectivity index (χ4v) is 1.68. The van der Waals surface area contributed by atoms with Gasteiger partial charge in [-0.1, -0.05) is 4.98 Å². The molecule has 2 heterocycles. The number of fused-ring (bicyclic) bond motifs is 1. The highest BCUT2D eigenvalue weighted by Crippen LogP contribution is 2.34. The number of nitrogens with zero attached hydrogens (tertiary/aromatic N) is 3. The summed E-state index contributed by atoms with van der Waals surface area (Å²) in [5, 5.41) is 0. The van der Waals surface area contributed by atoms with Crippen molar-refractivity contribution in [3.8, 4) is 0 Å². The SMILES string of the molecule is CONc1nc[nH+]c2c1N(C)CN2C.[I-]. The highest BCUT2D eigenvalue weighted by Gasteiger charge is 2.31. The van der Waals surface area contributed by atoms with E-state index in [-0.39, 0.29) is 24.0 Å². The molecule has 15 heavy (non-hydrogen) atoms. The van der Waals surface area contributed by atoms with Gasteiger partial charge in [-0.2, -0.15) is 0 Å². The van der Waals surface area contributed by atoms with Crippen molar-refractivity contribution in [2.24, 2.45) is 0 Å². The van der Waals surface area contributed by atoms with Crippen molar-refractivity contribution in [1.82, 2.24) is 4.98 Å². The summed E-state index contributed by atoms with van der Waals surface area (Å²) in [6, 6.07) is 0. The summed E-state index contributed by atoms with van der Waals surface area (Å²) in [7, 11) is 5.61. The summed E-state index contributed by atoms with van der Waals surface area (Å²) in [5.41, 5.74) is 3.78. The zero-order chi connectivity index (χ0) is 10.1. The van der Waals surface area contributed by atoms with Gasteiger partial charge in [0.25, 0.3) is 11.6 Å². The van der Waals surface area contributed by atoms with Crippen LogP contribution in [0.15, 0.2) is 6.33 Å². The second kappa shape index (κ2) is 4.79. The van der Waals surface area contributed by atoms with Gasteiger partial charge in [-0.05, 0) is 0 Å². The van der Waals surface area contributed by atoms with E-state index in [9.17, 15) is 0 Å². The van der Waals surface area contributed by atoms with Gasteiger partial charge in [-0.15, -0.1) is 0 Å². The molecule has 1 aliphatic heterocycles. The third-order valence-corrected chi connectivity index (χ3v) is 2.23. The first-order chi connectivity index (χ1) is 6.74. The molecule has 2 rings (SSSR count). The van der Waals surface area contributed by atoms with E-state index in [1.54, 1.807) is 13.4 Å². The molecule has 1 aliphatic rings. The van der Waals surface area contributed by atoms with Gasteiger partial charge in [0, 0.05) is 7.05 Å². The zero-order valence-electron chi connectivity index (χ0n) is 8.91. The molecule has 0 aromatic carbocycles. The minimum absolute atomic E-state index is 0. The molecule has 0 aliphatic carbocycles. The Morgan fingerprint density at radius 1 is 1.47 bits per heavy atom. The molecule has 1 aromatic heterocycles. The first-order valence-electron chi connectivity index (χ1n) is 4.36. The first-order valence-corrected chi connectivity index (χ1v) is 4.36. The standard InChI is InChI=1S/C8H13N5O.HI/c1-12-5-13(2)8-6(12)7(11-14-3)9-4-10-8;/h4H,5H2,1-3H3,(H,9,10,11);1H. The Morgan fingerprint density at radius 3 is 2.87 bits per heavy atom. The molecular formula is C8H14IN5O. The Kier molecular flexibility index (Phi) is 3.91. The monoisotopic (exact) mass is 323 g/mol. The second-order valence-corrected chi connectivity index (χ2v) is 3.29. The van der Waals surface area contributed by atoms with E-state index in [0.29, 0.717) is 0 Å². The predicted octanol–water partition coefficient (Wildman–Crippen LogP) is -3.28. The van der Waals surface area contributed by atoms with Gasteiger partial charge >= 0.3 is 0 Å². The van der Waals surface area contributed by atoms with Crippen LogP contribution in [0.25, 0.3) is 0 Å². The highest BCUT2D eigenvalue weighted by molar-refractivity contribution is 5.79. The van der Waals surface area contributed by atoms with Crippen molar-refractivity contribution in [3.05, 3.63) is 6.33 Å². The molecule has 84 valence electrons. The van der Waals surface area contributed by atoms with Gasteiger partial charge in [0.05, 0.1) is 14.2 Å². The normalized spacial score (nSPS) is 13.5. The predicted molar refractivity (Wildman–Crippen MR) is 53.1 cm³/mol. The van der Waals surface area contributed by atoms with E-state index >= 15 is 0 Å². The van der Waals surface area contributed by atoms with Crippen LogP contribution in [0.1, 0.15) is 0 Å². The zero-order valence-corrected chi connectivity index (χ0v) is 11.1. The fourth-order valence-electron chi connectivity index (χ4n) is 1.68. The van der Waals surface area contributed by atoms with E-state index in [0.717, 1.165) is 24.0 Å². The molecule has 0 unspecified atom stereocenters. The molecule has 0 amide bonds. The molecule has 6 nitrogen and oxygen atoms in total. The lowest BCUT2D eigenvalue weighted by atomic mass is 10.4. The van der Waals surface area contributed by atoms with E-state index in [1.165, 1.54) is 0 Å². The van der Waals surface area contributed by atoms with Gasteiger partial charge in [-0.3, -0.25) is 9.74 Å². The van der Waals surface area contributed by atoms with Gasteiger partial charge in [-0.25, -0.2) is 10.5 Å². The number of hydrogen-bond donors (Lipinski definition) is 1. The summed E-state index contributed by atoms with van der Waals surface area (Å²) in [6.07, 6.45) is 1.65. The third-order valence-electron chi connectivity index (χ3n) is 2.23. The van der Waals surface area contributed by atoms with Crippen LogP contribution in [0, 0.1) is 0 Å². The van der Waals surface area contributed by atoms with Crippen LogP contribution in [0.2, 0.25) is 0 Å². The van der Waals surface area contributed by atoms with Crippen molar-refractivity contribution in [3.63, 3.8) is 0 Å². The number of H-pyrrole nitrogens is 1.